The molecule has 0 saturated heterocycles. The van der Waals surface area contributed by atoms with E-state index in [2.05, 4.69) is 20.9 Å². The predicted molar refractivity (Wildman–Crippen MR) is 67.5 cm³/mol. The quantitative estimate of drug-likeness (QED) is 0.859. The number of nitrogen functional groups attached to an aromatic ring is 1. The molecule has 0 aliphatic heterocycles. The zero-order chi connectivity index (χ0) is 14.0. The Morgan fingerprint density at radius 2 is 2.05 bits per heavy atom. The van der Waals surface area contributed by atoms with Crippen LogP contribution in [0.25, 0.3) is 0 Å². The zero-order valence-corrected chi connectivity index (χ0v) is 10.9. The molecule has 0 unspecified atom stereocenters. The summed E-state index contributed by atoms with van der Waals surface area (Å²) in [6, 6.07) is 5.33. The molecule has 4 nitrogen and oxygen atoms in total. The standard InChI is InChI=1S/C12H6BrF2N3O/c13-7-2-9(14)11(15)10(3-7)19-12-6(4-16)1-8(17)5-18-12/h1-3,5H,17H2. The first-order valence-corrected chi connectivity index (χ1v) is 5.78. The summed E-state index contributed by atoms with van der Waals surface area (Å²) in [6.45, 7) is 0. The SMILES string of the molecule is N#Cc1cc(N)cnc1Oc1cc(Br)cc(F)c1F. The molecule has 0 saturated carbocycles. The van der Waals surface area contributed by atoms with Crippen molar-refractivity contribution in [2.24, 2.45) is 0 Å². The third-order valence-corrected chi connectivity index (χ3v) is 2.62. The molecule has 1 aromatic carbocycles. The van der Waals surface area contributed by atoms with Gasteiger partial charge in [-0.2, -0.15) is 9.65 Å². The maximum atomic E-state index is 13.5. The lowest BCUT2D eigenvalue weighted by molar-refractivity contribution is 0.404. The third kappa shape index (κ3) is 2.80. The number of hydrogen-bond acceptors (Lipinski definition) is 4. The molecule has 0 aliphatic rings. The van der Waals surface area contributed by atoms with Crippen molar-refractivity contribution < 1.29 is 13.5 Å². The number of pyridine rings is 1. The fourth-order valence-corrected chi connectivity index (χ4v) is 1.75. The highest BCUT2D eigenvalue weighted by Crippen LogP contribution is 2.30. The Morgan fingerprint density at radius 3 is 2.74 bits per heavy atom. The van der Waals surface area contributed by atoms with Crippen molar-refractivity contribution in [3.05, 3.63) is 46.1 Å². The van der Waals surface area contributed by atoms with Crippen LogP contribution in [-0.4, -0.2) is 4.98 Å². The molecule has 0 bridgehead atoms. The molecule has 0 radical (unpaired) electrons. The molecule has 2 rings (SSSR count). The minimum absolute atomic E-state index is 0.0276. The Balaban J connectivity index is 2.45. The van der Waals surface area contributed by atoms with Crippen LogP contribution in [0.4, 0.5) is 14.5 Å². The van der Waals surface area contributed by atoms with E-state index in [1.807, 2.05) is 6.07 Å². The number of ether oxygens (including phenoxy) is 1. The van der Waals surface area contributed by atoms with Gasteiger partial charge in [0.05, 0.1) is 11.9 Å². The summed E-state index contributed by atoms with van der Waals surface area (Å²) in [5.41, 5.74) is 5.76. The topological polar surface area (TPSA) is 71.9 Å². The normalized spacial score (nSPS) is 10.0. The average molecular weight is 326 g/mol. The van der Waals surface area contributed by atoms with Crippen LogP contribution in [0.5, 0.6) is 11.6 Å². The van der Waals surface area contributed by atoms with Gasteiger partial charge in [-0.05, 0) is 18.2 Å². The molecule has 0 fully saturated rings. The number of aromatic nitrogens is 1. The van der Waals surface area contributed by atoms with Crippen LogP contribution in [0.2, 0.25) is 0 Å². The Kier molecular flexibility index (Phi) is 3.62. The second-order valence-corrected chi connectivity index (χ2v) is 4.45. The van der Waals surface area contributed by atoms with E-state index in [-0.39, 0.29) is 22.9 Å². The first-order chi connectivity index (χ1) is 9.01. The zero-order valence-electron chi connectivity index (χ0n) is 9.32. The van der Waals surface area contributed by atoms with Crippen molar-refractivity contribution in [3.8, 4) is 17.7 Å². The van der Waals surface area contributed by atoms with Gasteiger partial charge in [-0.1, -0.05) is 15.9 Å². The number of nitriles is 1. The molecule has 2 N–H and O–H groups in total. The Hall–Kier alpha value is -2.20. The molecular weight excluding hydrogens is 320 g/mol. The Labute approximate surface area is 115 Å². The molecule has 19 heavy (non-hydrogen) atoms. The van der Waals surface area contributed by atoms with Crippen molar-refractivity contribution in [3.63, 3.8) is 0 Å². The van der Waals surface area contributed by atoms with Crippen molar-refractivity contribution in [2.75, 3.05) is 5.73 Å². The van der Waals surface area contributed by atoms with Gasteiger partial charge in [0.15, 0.2) is 11.6 Å². The van der Waals surface area contributed by atoms with Crippen LogP contribution in [0, 0.1) is 23.0 Å². The van der Waals surface area contributed by atoms with Gasteiger partial charge in [0.1, 0.15) is 11.6 Å². The highest BCUT2D eigenvalue weighted by Gasteiger charge is 2.15. The molecule has 0 atom stereocenters. The van der Waals surface area contributed by atoms with Gasteiger partial charge < -0.3 is 10.5 Å². The average Bonchev–Trinajstić information content (AvgIpc) is 2.37. The Bertz CT molecular complexity index is 685. The van der Waals surface area contributed by atoms with E-state index in [1.54, 1.807) is 0 Å². The highest BCUT2D eigenvalue weighted by molar-refractivity contribution is 9.10. The molecule has 1 heterocycles. The Morgan fingerprint density at radius 1 is 1.32 bits per heavy atom. The van der Waals surface area contributed by atoms with Gasteiger partial charge in [0.2, 0.25) is 11.7 Å². The lowest BCUT2D eigenvalue weighted by Gasteiger charge is -2.08. The third-order valence-electron chi connectivity index (χ3n) is 2.16. The number of nitrogens with two attached hydrogens (primary N) is 1. The maximum Gasteiger partial charge on any atom is 0.237 e. The molecule has 2 aromatic rings. The van der Waals surface area contributed by atoms with Crippen LogP contribution in [0.1, 0.15) is 5.56 Å². The number of anilines is 1. The fraction of sp³-hybridized carbons (Fsp3) is 0. The molecule has 1 aromatic heterocycles. The number of benzene rings is 1. The van der Waals surface area contributed by atoms with Crippen LogP contribution < -0.4 is 10.5 Å². The molecule has 0 amide bonds. The second kappa shape index (κ2) is 5.20. The van der Waals surface area contributed by atoms with Gasteiger partial charge in [-0.25, -0.2) is 9.37 Å². The number of nitrogens with zero attached hydrogens (tertiary/aromatic N) is 2. The van der Waals surface area contributed by atoms with Gasteiger partial charge >= 0.3 is 0 Å². The van der Waals surface area contributed by atoms with Gasteiger partial charge in [0, 0.05) is 4.47 Å². The summed E-state index contributed by atoms with van der Waals surface area (Å²) in [4.78, 5) is 3.77. The van der Waals surface area contributed by atoms with Crippen molar-refractivity contribution in [1.29, 1.82) is 5.26 Å². The van der Waals surface area contributed by atoms with E-state index in [1.165, 1.54) is 18.3 Å². The van der Waals surface area contributed by atoms with Crippen LogP contribution >= 0.6 is 15.9 Å². The van der Waals surface area contributed by atoms with Gasteiger partial charge in [0.25, 0.3) is 0 Å². The van der Waals surface area contributed by atoms with Crippen LogP contribution in [0.15, 0.2) is 28.9 Å². The summed E-state index contributed by atoms with van der Waals surface area (Å²) in [5, 5.41) is 8.90. The lowest BCUT2D eigenvalue weighted by Crippen LogP contribution is -1.97. The molecule has 96 valence electrons. The number of halogens is 3. The molecular formula is C12H6BrF2N3O. The van der Waals surface area contributed by atoms with E-state index >= 15 is 0 Å². The fourth-order valence-electron chi connectivity index (χ4n) is 1.34. The van der Waals surface area contributed by atoms with E-state index in [0.717, 1.165) is 6.07 Å². The second-order valence-electron chi connectivity index (χ2n) is 3.53. The minimum Gasteiger partial charge on any atom is -0.434 e. The molecule has 7 heteroatoms. The predicted octanol–water partition coefficient (Wildman–Crippen LogP) is 3.37. The summed E-state index contributed by atoms with van der Waals surface area (Å²) in [5.74, 6) is -2.75. The lowest BCUT2D eigenvalue weighted by atomic mass is 10.2. The van der Waals surface area contributed by atoms with E-state index in [0.29, 0.717) is 4.47 Å². The van der Waals surface area contributed by atoms with Gasteiger partial charge in [-0.15, -0.1) is 0 Å². The van der Waals surface area contributed by atoms with Crippen LogP contribution in [0.3, 0.4) is 0 Å². The number of hydrogen-bond donors (Lipinski definition) is 1. The largest absolute Gasteiger partial charge is 0.434 e. The smallest absolute Gasteiger partial charge is 0.237 e. The van der Waals surface area contributed by atoms with Crippen molar-refractivity contribution in [1.82, 2.24) is 4.98 Å². The minimum atomic E-state index is -1.16. The van der Waals surface area contributed by atoms with Crippen molar-refractivity contribution in [2.45, 2.75) is 0 Å². The van der Waals surface area contributed by atoms with Crippen LogP contribution in [-0.2, 0) is 0 Å². The monoisotopic (exact) mass is 325 g/mol. The summed E-state index contributed by atoms with van der Waals surface area (Å²) in [6.07, 6.45) is 1.25. The van der Waals surface area contributed by atoms with Crippen molar-refractivity contribution >= 4 is 21.6 Å². The maximum absolute atomic E-state index is 13.5. The van der Waals surface area contributed by atoms with E-state index in [4.69, 9.17) is 15.7 Å². The van der Waals surface area contributed by atoms with Gasteiger partial charge in [-0.3, -0.25) is 0 Å². The molecule has 0 aliphatic carbocycles. The van der Waals surface area contributed by atoms with E-state index in [9.17, 15) is 8.78 Å². The first-order valence-electron chi connectivity index (χ1n) is 4.99. The highest BCUT2D eigenvalue weighted by atomic mass is 79.9. The first kappa shape index (κ1) is 13.2. The molecule has 0 spiro atoms. The van der Waals surface area contributed by atoms with E-state index < -0.39 is 11.6 Å². The summed E-state index contributed by atoms with van der Waals surface area (Å²) >= 11 is 3.02. The number of rotatable bonds is 2. The summed E-state index contributed by atoms with van der Waals surface area (Å²) in [7, 11) is 0. The summed E-state index contributed by atoms with van der Waals surface area (Å²) < 4.78 is 32.1.